The third-order valence-electron chi connectivity index (χ3n) is 3.86. The number of aromatic nitrogens is 2. The predicted octanol–water partition coefficient (Wildman–Crippen LogP) is 0.909. The van der Waals surface area contributed by atoms with Gasteiger partial charge in [0, 0.05) is 38.8 Å². The Kier molecular flexibility index (Phi) is 7.17. The van der Waals surface area contributed by atoms with Crippen molar-refractivity contribution in [2.45, 2.75) is 26.3 Å². The molecule has 2 rings (SSSR count). The first-order valence-corrected chi connectivity index (χ1v) is 8.71. The number of carbonyl (C=O) groups excluding carboxylic acids is 1. The molecule has 7 nitrogen and oxygen atoms in total. The van der Waals surface area contributed by atoms with Crippen molar-refractivity contribution in [3.05, 3.63) is 5.51 Å². The summed E-state index contributed by atoms with van der Waals surface area (Å²) in [6, 6.07) is 0.489. The van der Waals surface area contributed by atoms with Crippen LogP contribution in [0.25, 0.3) is 0 Å². The molecule has 1 aromatic rings. The zero-order valence-electron chi connectivity index (χ0n) is 13.3. The maximum atomic E-state index is 12.0. The molecule has 0 aromatic carbocycles. The Morgan fingerprint density at radius 2 is 2.36 bits per heavy atom. The van der Waals surface area contributed by atoms with Crippen molar-refractivity contribution in [1.82, 2.24) is 20.0 Å². The van der Waals surface area contributed by atoms with E-state index in [0.717, 1.165) is 45.8 Å². The Bertz CT molecular complexity index is 442. The number of amides is 1. The number of carbonyl (C=O) groups is 1. The minimum absolute atomic E-state index is 0.0191. The fourth-order valence-corrected chi connectivity index (χ4v) is 3.16. The summed E-state index contributed by atoms with van der Waals surface area (Å²) < 4.78 is 5.45. The van der Waals surface area contributed by atoms with Gasteiger partial charge < -0.3 is 4.74 Å². The molecule has 1 aliphatic rings. The van der Waals surface area contributed by atoms with Gasteiger partial charge in [-0.25, -0.2) is 0 Å². The molecule has 1 unspecified atom stereocenters. The molecule has 1 saturated heterocycles. The molecule has 2 heterocycles. The van der Waals surface area contributed by atoms with Crippen molar-refractivity contribution in [1.29, 1.82) is 0 Å². The lowest BCUT2D eigenvalue weighted by atomic mass is 10.1. The van der Waals surface area contributed by atoms with Crippen LogP contribution in [-0.4, -0.2) is 77.9 Å². The molecule has 1 N–H and O–H groups in total. The molecule has 0 saturated carbocycles. The van der Waals surface area contributed by atoms with Gasteiger partial charge in [-0.3, -0.25) is 19.9 Å². The highest BCUT2D eigenvalue weighted by Crippen LogP contribution is 2.13. The largest absolute Gasteiger partial charge is 0.380 e. The molecule has 8 heteroatoms. The number of anilines is 1. The van der Waals surface area contributed by atoms with E-state index in [2.05, 4.69) is 32.2 Å². The van der Waals surface area contributed by atoms with Crippen LogP contribution >= 0.6 is 11.3 Å². The quantitative estimate of drug-likeness (QED) is 0.716. The van der Waals surface area contributed by atoms with Gasteiger partial charge in [-0.1, -0.05) is 18.3 Å². The molecule has 0 bridgehead atoms. The summed E-state index contributed by atoms with van der Waals surface area (Å²) in [6.07, 6.45) is 1.08. The van der Waals surface area contributed by atoms with Gasteiger partial charge in [0.05, 0.1) is 13.2 Å². The van der Waals surface area contributed by atoms with E-state index in [1.165, 1.54) is 11.3 Å². The molecule has 0 radical (unpaired) electrons. The fraction of sp³-hybridized carbons (Fsp3) is 0.786. The normalized spacial score (nSPS) is 20.2. The first-order chi connectivity index (χ1) is 10.7. The van der Waals surface area contributed by atoms with Gasteiger partial charge in [-0.2, -0.15) is 0 Å². The van der Waals surface area contributed by atoms with Gasteiger partial charge in [-0.15, -0.1) is 10.2 Å². The maximum absolute atomic E-state index is 12.0. The minimum Gasteiger partial charge on any atom is -0.380 e. The number of rotatable bonds is 8. The van der Waals surface area contributed by atoms with E-state index in [4.69, 9.17) is 4.74 Å². The van der Waals surface area contributed by atoms with Gasteiger partial charge >= 0.3 is 0 Å². The van der Waals surface area contributed by atoms with E-state index < -0.39 is 0 Å². The van der Waals surface area contributed by atoms with Gasteiger partial charge in [0.25, 0.3) is 0 Å². The van der Waals surface area contributed by atoms with Gasteiger partial charge in [-0.05, 0) is 13.3 Å². The van der Waals surface area contributed by atoms with Crippen LogP contribution in [0.5, 0.6) is 0 Å². The minimum atomic E-state index is -0.0191. The van der Waals surface area contributed by atoms with Crippen molar-refractivity contribution in [2.75, 3.05) is 51.3 Å². The molecule has 1 aromatic heterocycles. The second-order valence-corrected chi connectivity index (χ2v) is 6.16. The van der Waals surface area contributed by atoms with Crippen molar-refractivity contribution in [3.63, 3.8) is 0 Å². The number of hydrogen-bond donors (Lipinski definition) is 1. The zero-order chi connectivity index (χ0) is 15.8. The highest BCUT2D eigenvalue weighted by atomic mass is 32.1. The molecule has 1 amide bonds. The Morgan fingerprint density at radius 1 is 1.50 bits per heavy atom. The molecule has 1 aliphatic heterocycles. The van der Waals surface area contributed by atoms with Crippen LogP contribution in [0, 0.1) is 0 Å². The molecular weight excluding hydrogens is 302 g/mol. The Balaban J connectivity index is 1.76. The SMILES string of the molecule is CCOCCN1CCN(CC(=O)Nc2nncs2)CC1CC. The first kappa shape index (κ1) is 17.3. The van der Waals surface area contributed by atoms with Crippen LogP contribution in [0.1, 0.15) is 20.3 Å². The van der Waals surface area contributed by atoms with Crippen molar-refractivity contribution in [2.24, 2.45) is 0 Å². The Morgan fingerprint density at radius 3 is 3.05 bits per heavy atom. The third kappa shape index (κ3) is 5.28. The van der Waals surface area contributed by atoms with Crippen LogP contribution in [-0.2, 0) is 9.53 Å². The predicted molar refractivity (Wildman–Crippen MR) is 87.1 cm³/mol. The van der Waals surface area contributed by atoms with E-state index in [9.17, 15) is 4.79 Å². The van der Waals surface area contributed by atoms with Crippen LogP contribution in [0.4, 0.5) is 5.13 Å². The number of piperazine rings is 1. The van der Waals surface area contributed by atoms with E-state index in [1.807, 2.05) is 6.92 Å². The number of ether oxygens (including phenoxy) is 1. The summed E-state index contributed by atoms with van der Waals surface area (Å²) in [5.74, 6) is -0.0191. The number of nitrogens with zero attached hydrogens (tertiary/aromatic N) is 4. The summed E-state index contributed by atoms with van der Waals surface area (Å²) in [7, 11) is 0. The van der Waals surface area contributed by atoms with E-state index in [1.54, 1.807) is 5.51 Å². The van der Waals surface area contributed by atoms with Crippen LogP contribution in [0.15, 0.2) is 5.51 Å². The molecule has 22 heavy (non-hydrogen) atoms. The Labute approximate surface area is 135 Å². The van der Waals surface area contributed by atoms with E-state index in [-0.39, 0.29) is 5.91 Å². The Hall–Kier alpha value is -1.09. The van der Waals surface area contributed by atoms with Crippen LogP contribution in [0.2, 0.25) is 0 Å². The summed E-state index contributed by atoms with van der Waals surface area (Å²) in [5.41, 5.74) is 1.61. The van der Waals surface area contributed by atoms with E-state index in [0.29, 0.717) is 17.7 Å². The topological polar surface area (TPSA) is 70.6 Å². The molecular formula is C14H25N5O2S. The second kappa shape index (κ2) is 9.14. The molecule has 0 spiro atoms. The zero-order valence-corrected chi connectivity index (χ0v) is 14.1. The van der Waals surface area contributed by atoms with Gasteiger partial charge in [0.1, 0.15) is 5.51 Å². The summed E-state index contributed by atoms with van der Waals surface area (Å²) in [4.78, 5) is 16.7. The van der Waals surface area contributed by atoms with Crippen molar-refractivity contribution >= 4 is 22.4 Å². The molecule has 1 atom stereocenters. The van der Waals surface area contributed by atoms with Crippen LogP contribution < -0.4 is 5.32 Å². The first-order valence-electron chi connectivity index (χ1n) is 7.83. The monoisotopic (exact) mass is 327 g/mol. The highest BCUT2D eigenvalue weighted by Gasteiger charge is 2.26. The summed E-state index contributed by atoms with van der Waals surface area (Å²) in [5, 5.41) is 10.9. The van der Waals surface area contributed by atoms with Crippen LogP contribution in [0.3, 0.4) is 0 Å². The lowest BCUT2D eigenvalue weighted by Gasteiger charge is -2.40. The standard InChI is InChI=1S/C14H25N5O2S/c1-3-12-9-18(5-6-19(12)7-8-21-4-2)10-13(20)16-14-17-15-11-22-14/h11-12H,3-10H2,1-2H3,(H,16,17,20). The lowest BCUT2D eigenvalue weighted by molar-refractivity contribution is -0.118. The lowest BCUT2D eigenvalue weighted by Crippen LogP contribution is -2.54. The average molecular weight is 327 g/mol. The highest BCUT2D eigenvalue weighted by molar-refractivity contribution is 7.13. The van der Waals surface area contributed by atoms with Gasteiger partial charge in [0.2, 0.25) is 11.0 Å². The smallest absolute Gasteiger partial charge is 0.240 e. The summed E-state index contributed by atoms with van der Waals surface area (Å²) >= 11 is 1.34. The summed E-state index contributed by atoms with van der Waals surface area (Å²) in [6.45, 7) is 9.96. The van der Waals surface area contributed by atoms with Crippen molar-refractivity contribution < 1.29 is 9.53 Å². The van der Waals surface area contributed by atoms with Gasteiger partial charge in [0.15, 0.2) is 0 Å². The molecule has 124 valence electrons. The molecule has 1 fully saturated rings. The third-order valence-corrected chi connectivity index (χ3v) is 4.47. The van der Waals surface area contributed by atoms with Crippen molar-refractivity contribution in [3.8, 4) is 0 Å². The number of nitrogens with one attached hydrogen (secondary N) is 1. The van der Waals surface area contributed by atoms with E-state index >= 15 is 0 Å². The second-order valence-electron chi connectivity index (χ2n) is 5.32. The molecule has 0 aliphatic carbocycles. The fourth-order valence-electron chi connectivity index (χ4n) is 2.70. The number of hydrogen-bond acceptors (Lipinski definition) is 7. The maximum Gasteiger partial charge on any atom is 0.240 e. The average Bonchev–Trinajstić information content (AvgIpc) is 3.01.